The normalized spacial score (nSPS) is 17.5. The van der Waals surface area contributed by atoms with Crippen LogP contribution in [0.2, 0.25) is 0 Å². The van der Waals surface area contributed by atoms with Gasteiger partial charge in [-0.2, -0.15) is 0 Å². The molecule has 5 rings (SSSR count). The summed E-state index contributed by atoms with van der Waals surface area (Å²) in [4.78, 5) is 17.7. The number of aromatic nitrogens is 1. The van der Waals surface area contributed by atoms with E-state index in [2.05, 4.69) is 28.5 Å². The number of anilines is 1. The molecule has 1 aliphatic heterocycles. The zero-order valence-corrected chi connectivity index (χ0v) is 16.5. The first kappa shape index (κ1) is 17.0. The number of hydrogen-bond donors (Lipinski definition) is 1. The third kappa shape index (κ3) is 2.18. The second-order valence-corrected chi connectivity index (χ2v) is 8.59. The van der Waals surface area contributed by atoms with E-state index in [4.69, 9.17) is 4.42 Å². The summed E-state index contributed by atoms with van der Waals surface area (Å²) in [7, 11) is 0. The predicted octanol–water partition coefficient (Wildman–Crippen LogP) is 5.70. The molecule has 0 amide bonds. The van der Waals surface area contributed by atoms with Gasteiger partial charge in [0.05, 0.1) is 28.4 Å². The van der Waals surface area contributed by atoms with E-state index in [0.717, 1.165) is 44.2 Å². The fourth-order valence-corrected chi connectivity index (χ4v) is 4.58. The smallest absolute Gasteiger partial charge is 0.167 e. The molecular weight excluding hydrogens is 348 g/mol. The van der Waals surface area contributed by atoms with Crippen LogP contribution in [0.4, 0.5) is 5.69 Å². The molecule has 0 radical (unpaired) electrons. The van der Waals surface area contributed by atoms with Crippen molar-refractivity contribution in [2.75, 3.05) is 5.32 Å². The van der Waals surface area contributed by atoms with E-state index in [0.29, 0.717) is 0 Å². The third-order valence-corrected chi connectivity index (χ3v) is 5.92. The lowest BCUT2D eigenvalue weighted by Gasteiger charge is -2.42. The van der Waals surface area contributed by atoms with E-state index in [-0.39, 0.29) is 5.78 Å². The SMILES string of the molecule is CC1(C)Nc2c(cc(-c3cccc4ncccc34)c3occc23)C(C)(C)C1=O. The summed E-state index contributed by atoms with van der Waals surface area (Å²) < 4.78 is 5.94. The first-order valence-electron chi connectivity index (χ1n) is 9.52. The number of carbonyl (C=O) groups is 1. The van der Waals surface area contributed by atoms with Crippen molar-refractivity contribution in [2.45, 2.75) is 38.6 Å². The van der Waals surface area contributed by atoms with Crippen molar-refractivity contribution in [3.05, 3.63) is 60.5 Å². The highest BCUT2D eigenvalue weighted by Crippen LogP contribution is 2.47. The highest BCUT2D eigenvalue weighted by atomic mass is 16.3. The molecule has 0 unspecified atom stereocenters. The lowest BCUT2D eigenvalue weighted by molar-refractivity contribution is -0.127. The van der Waals surface area contributed by atoms with Crippen LogP contribution in [0.5, 0.6) is 0 Å². The van der Waals surface area contributed by atoms with Gasteiger partial charge >= 0.3 is 0 Å². The molecule has 0 saturated heterocycles. The largest absolute Gasteiger partial charge is 0.464 e. The van der Waals surface area contributed by atoms with Gasteiger partial charge in [-0.25, -0.2) is 0 Å². The number of carbonyl (C=O) groups excluding carboxylic acids is 1. The molecule has 2 aromatic heterocycles. The Labute approximate surface area is 163 Å². The van der Waals surface area contributed by atoms with Gasteiger partial charge in [0.1, 0.15) is 5.58 Å². The Balaban J connectivity index is 1.89. The number of nitrogens with zero attached hydrogens (tertiary/aromatic N) is 1. The van der Waals surface area contributed by atoms with Gasteiger partial charge < -0.3 is 9.73 Å². The van der Waals surface area contributed by atoms with Gasteiger partial charge in [-0.1, -0.05) is 18.2 Å². The third-order valence-electron chi connectivity index (χ3n) is 5.92. The maximum Gasteiger partial charge on any atom is 0.167 e. The molecule has 4 heteroatoms. The van der Waals surface area contributed by atoms with Crippen molar-refractivity contribution < 1.29 is 9.21 Å². The number of hydrogen-bond acceptors (Lipinski definition) is 4. The number of fused-ring (bicyclic) bond motifs is 4. The Morgan fingerprint density at radius 2 is 1.79 bits per heavy atom. The van der Waals surface area contributed by atoms with E-state index >= 15 is 0 Å². The standard InChI is InChI=1S/C24H22N2O2/c1-23(2)18-13-17(14-7-5-9-19-15(14)8-6-11-25-19)21-16(10-12-28-21)20(18)26-24(3,4)22(23)27/h5-13,26H,1-4H3. The number of ketones is 1. The summed E-state index contributed by atoms with van der Waals surface area (Å²) in [5.41, 5.74) is 4.55. The summed E-state index contributed by atoms with van der Waals surface area (Å²) >= 11 is 0. The van der Waals surface area contributed by atoms with Crippen molar-refractivity contribution in [2.24, 2.45) is 0 Å². The maximum absolute atomic E-state index is 13.2. The molecule has 0 atom stereocenters. The van der Waals surface area contributed by atoms with Gasteiger partial charge in [-0.05, 0) is 63.1 Å². The van der Waals surface area contributed by atoms with Gasteiger partial charge in [0, 0.05) is 22.5 Å². The van der Waals surface area contributed by atoms with Crippen LogP contribution >= 0.6 is 0 Å². The minimum Gasteiger partial charge on any atom is -0.464 e. The minimum atomic E-state index is -0.633. The van der Waals surface area contributed by atoms with Crippen LogP contribution in [0.1, 0.15) is 33.3 Å². The molecule has 2 aromatic carbocycles. The fourth-order valence-electron chi connectivity index (χ4n) is 4.58. The molecule has 140 valence electrons. The molecule has 0 fully saturated rings. The second kappa shape index (κ2) is 5.44. The van der Waals surface area contributed by atoms with E-state index < -0.39 is 11.0 Å². The summed E-state index contributed by atoms with van der Waals surface area (Å²) in [6, 6.07) is 14.2. The van der Waals surface area contributed by atoms with Crippen LogP contribution in [-0.2, 0) is 10.2 Å². The number of benzene rings is 2. The van der Waals surface area contributed by atoms with Crippen LogP contribution < -0.4 is 5.32 Å². The monoisotopic (exact) mass is 370 g/mol. The van der Waals surface area contributed by atoms with Crippen LogP contribution in [-0.4, -0.2) is 16.3 Å². The number of rotatable bonds is 1. The minimum absolute atomic E-state index is 0.181. The van der Waals surface area contributed by atoms with Crippen molar-refractivity contribution in [3.63, 3.8) is 0 Å². The van der Waals surface area contributed by atoms with Gasteiger partial charge in [-0.3, -0.25) is 9.78 Å². The molecular formula is C24H22N2O2. The lowest BCUT2D eigenvalue weighted by Crippen LogP contribution is -2.53. The maximum atomic E-state index is 13.2. The Kier molecular flexibility index (Phi) is 3.30. The molecule has 0 spiro atoms. The molecule has 1 aliphatic rings. The van der Waals surface area contributed by atoms with Gasteiger partial charge in [-0.15, -0.1) is 0 Å². The van der Waals surface area contributed by atoms with Crippen molar-refractivity contribution in [1.29, 1.82) is 0 Å². The topological polar surface area (TPSA) is 55.1 Å². The molecule has 28 heavy (non-hydrogen) atoms. The molecule has 0 bridgehead atoms. The Morgan fingerprint density at radius 3 is 2.61 bits per heavy atom. The number of Topliss-reactive ketones (excluding diaryl/α,β-unsaturated/α-hetero) is 1. The summed E-state index contributed by atoms with van der Waals surface area (Å²) in [5.74, 6) is 0.181. The zero-order chi connectivity index (χ0) is 19.7. The van der Waals surface area contributed by atoms with E-state index in [9.17, 15) is 4.79 Å². The summed E-state index contributed by atoms with van der Waals surface area (Å²) in [5, 5.41) is 5.53. The van der Waals surface area contributed by atoms with E-state index in [1.165, 1.54) is 0 Å². The predicted molar refractivity (Wildman–Crippen MR) is 113 cm³/mol. The molecule has 3 heterocycles. The number of nitrogens with one attached hydrogen (secondary N) is 1. The summed E-state index contributed by atoms with van der Waals surface area (Å²) in [6.07, 6.45) is 3.52. The Morgan fingerprint density at radius 1 is 0.964 bits per heavy atom. The van der Waals surface area contributed by atoms with Crippen LogP contribution in [0.15, 0.2) is 59.3 Å². The average Bonchev–Trinajstić information content (AvgIpc) is 3.16. The fraction of sp³-hybridized carbons (Fsp3) is 0.250. The molecule has 1 N–H and O–H groups in total. The van der Waals surface area contributed by atoms with Crippen LogP contribution in [0.25, 0.3) is 33.0 Å². The lowest BCUT2D eigenvalue weighted by atomic mass is 9.69. The molecule has 0 saturated carbocycles. The first-order chi connectivity index (χ1) is 13.3. The van der Waals surface area contributed by atoms with E-state index in [1.807, 2.05) is 52.0 Å². The first-order valence-corrected chi connectivity index (χ1v) is 9.52. The molecule has 4 nitrogen and oxygen atoms in total. The second-order valence-electron chi connectivity index (χ2n) is 8.59. The number of furan rings is 1. The van der Waals surface area contributed by atoms with Crippen molar-refractivity contribution in [3.8, 4) is 11.1 Å². The van der Waals surface area contributed by atoms with E-state index in [1.54, 1.807) is 12.5 Å². The van der Waals surface area contributed by atoms with Crippen LogP contribution in [0, 0.1) is 0 Å². The highest BCUT2D eigenvalue weighted by Gasteiger charge is 2.46. The van der Waals surface area contributed by atoms with Crippen molar-refractivity contribution in [1.82, 2.24) is 4.98 Å². The Bertz CT molecular complexity index is 1260. The quantitative estimate of drug-likeness (QED) is 0.467. The summed E-state index contributed by atoms with van der Waals surface area (Å²) in [6.45, 7) is 7.90. The number of pyridine rings is 1. The van der Waals surface area contributed by atoms with Crippen molar-refractivity contribution >= 4 is 33.3 Å². The van der Waals surface area contributed by atoms with Crippen LogP contribution in [0.3, 0.4) is 0 Å². The van der Waals surface area contributed by atoms with Gasteiger partial charge in [0.2, 0.25) is 0 Å². The molecule has 0 aliphatic carbocycles. The van der Waals surface area contributed by atoms with Gasteiger partial charge in [0.25, 0.3) is 0 Å². The Hall–Kier alpha value is -3.14. The molecule has 4 aromatic rings. The zero-order valence-electron chi connectivity index (χ0n) is 16.5. The highest BCUT2D eigenvalue weighted by molar-refractivity contribution is 6.12. The van der Waals surface area contributed by atoms with Gasteiger partial charge in [0.15, 0.2) is 5.78 Å². The average molecular weight is 370 g/mol.